The van der Waals surface area contributed by atoms with Gasteiger partial charge in [-0.3, -0.25) is 4.55 Å². The van der Waals surface area contributed by atoms with Crippen LogP contribution in [0.4, 0.5) is 0 Å². The third-order valence-corrected chi connectivity index (χ3v) is 3.18. The molecule has 5 heteroatoms. The Morgan fingerprint density at radius 3 is 2.13 bits per heavy atom. The molecule has 0 bridgehead atoms. The molecule has 1 aliphatic rings. The van der Waals surface area contributed by atoms with Gasteiger partial charge in [0.2, 0.25) is 0 Å². The maximum absolute atomic E-state index is 10.4. The first kappa shape index (κ1) is 10.6. The molecule has 2 rings (SSSR count). The SMILES string of the molecule is Cc1cc2c(cc1C)C2COS(=O)(=O)O. The zero-order valence-corrected chi connectivity index (χ0v) is 9.34. The molecule has 1 aliphatic carbocycles. The van der Waals surface area contributed by atoms with Crippen LogP contribution >= 0.6 is 0 Å². The normalized spacial score (nSPS) is 15.1. The number of aryl methyl sites for hydroxylation is 2. The molecule has 1 aromatic carbocycles. The van der Waals surface area contributed by atoms with Crippen LogP contribution < -0.4 is 0 Å². The number of hydrogen-bond acceptors (Lipinski definition) is 3. The minimum Gasteiger partial charge on any atom is -0.264 e. The van der Waals surface area contributed by atoms with Gasteiger partial charge >= 0.3 is 10.4 Å². The highest BCUT2D eigenvalue weighted by Crippen LogP contribution is 2.44. The van der Waals surface area contributed by atoms with Crippen LogP contribution in [0, 0.1) is 13.8 Å². The average Bonchev–Trinajstić information content (AvgIpc) is 2.73. The van der Waals surface area contributed by atoms with Gasteiger partial charge in [0.15, 0.2) is 0 Å². The Hall–Kier alpha value is -0.910. The lowest BCUT2D eigenvalue weighted by Crippen LogP contribution is -2.05. The molecule has 0 saturated carbocycles. The van der Waals surface area contributed by atoms with Gasteiger partial charge in [-0.1, -0.05) is 12.1 Å². The van der Waals surface area contributed by atoms with Crippen molar-refractivity contribution in [1.29, 1.82) is 0 Å². The zero-order valence-electron chi connectivity index (χ0n) is 8.52. The van der Waals surface area contributed by atoms with Crippen molar-refractivity contribution < 1.29 is 17.2 Å². The van der Waals surface area contributed by atoms with Crippen molar-refractivity contribution in [3.05, 3.63) is 34.4 Å². The summed E-state index contributed by atoms with van der Waals surface area (Å²) in [6, 6.07) is 4.06. The van der Waals surface area contributed by atoms with E-state index in [1.165, 1.54) is 11.1 Å². The first-order chi connectivity index (χ1) is 6.88. The highest BCUT2D eigenvalue weighted by atomic mass is 32.3. The van der Waals surface area contributed by atoms with Gasteiger partial charge in [-0.15, -0.1) is 0 Å². The minimum atomic E-state index is -4.32. The molecule has 1 aromatic rings. The van der Waals surface area contributed by atoms with Crippen molar-refractivity contribution in [2.24, 2.45) is 0 Å². The lowest BCUT2D eigenvalue weighted by Gasteiger charge is -1.95. The molecule has 0 amide bonds. The Balaban J connectivity index is 2.07. The molecule has 0 heterocycles. The Bertz CT molecular complexity index is 475. The van der Waals surface area contributed by atoms with Gasteiger partial charge in [-0.25, -0.2) is 4.18 Å². The van der Waals surface area contributed by atoms with Gasteiger partial charge in [0.05, 0.1) is 6.61 Å². The lowest BCUT2D eigenvalue weighted by atomic mass is 10.1. The highest BCUT2D eigenvalue weighted by Gasteiger charge is 2.34. The summed E-state index contributed by atoms with van der Waals surface area (Å²) in [4.78, 5) is 0. The number of fused-ring (bicyclic) bond motifs is 1. The monoisotopic (exact) mass is 228 g/mol. The van der Waals surface area contributed by atoms with E-state index in [9.17, 15) is 8.42 Å². The van der Waals surface area contributed by atoms with Crippen molar-refractivity contribution in [2.75, 3.05) is 6.61 Å². The summed E-state index contributed by atoms with van der Waals surface area (Å²) < 4.78 is 33.5. The Morgan fingerprint density at radius 1 is 1.27 bits per heavy atom. The highest BCUT2D eigenvalue weighted by molar-refractivity contribution is 7.80. The van der Waals surface area contributed by atoms with Crippen LogP contribution in [0.1, 0.15) is 28.2 Å². The molecule has 0 fully saturated rings. The first-order valence-corrected chi connectivity index (χ1v) is 5.98. The van der Waals surface area contributed by atoms with Crippen LogP contribution in [-0.4, -0.2) is 19.6 Å². The van der Waals surface area contributed by atoms with E-state index in [0.29, 0.717) is 0 Å². The minimum absolute atomic E-state index is 0.00292. The summed E-state index contributed by atoms with van der Waals surface area (Å²) >= 11 is 0. The molecule has 0 saturated heterocycles. The first-order valence-electron chi connectivity index (χ1n) is 4.61. The van der Waals surface area contributed by atoms with Gasteiger partial charge < -0.3 is 0 Å². The second-order valence-corrected chi connectivity index (χ2v) is 4.92. The van der Waals surface area contributed by atoms with Gasteiger partial charge in [0.1, 0.15) is 0 Å². The maximum atomic E-state index is 10.4. The average molecular weight is 228 g/mol. The number of benzene rings is 1. The van der Waals surface area contributed by atoms with Crippen LogP contribution in [0.2, 0.25) is 0 Å². The summed E-state index contributed by atoms with van der Waals surface area (Å²) in [5, 5.41) is 0. The van der Waals surface area contributed by atoms with Crippen molar-refractivity contribution >= 4 is 10.4 Å². The quantitative estimate of drug-likeness (QED) is 0.797. The van der Waals surface area contributed by atoms with Gasteiger partial charge in [0, 0.05) is 5.92 Å². The van der Waals surface area contributed by atoms with E-state index in [2.05, 4.69) is 4.18 Å². The fourth-order valence-electron chi connectivity index (χ4n) is 1.70. The fourth-order valence-corrected chi connectivity index (χ4v) is 2.01. The molecule has 0 aliphatic heterocycles. The summed E-state index contributed by atoms with van der Waals surface area (Å²) in [5.74, 6) is 0.0272. The molecule has 1 N–H and O–H groups in total. The number of rotatable bonds is 3. The lowest BCUT2D eigenvalue weighted by molar-refractivity contribution is 0.269. The third kappa shape index (κ3) is 2.19. The summed E-state index contributed by atoms with van der Waals surface area (Å²) in [7, 11) is -4.32. The molecular formula is C10H12O4S. The molecule has 0 atom stereocenters. The van der Waals surface area contributed by atoms with E-state index in [0.717, 1.165) is 11.1 Å². The van der Waals surface area contributed by atoms with Gasteiger partial charge in [0.25, 0.3) is 0 Å². The Morgan fingerprint density at radius 2 is 1.73 bits per heavy atom. The predicted octanol–water partition coefficient (Wildman–Crippen LogP) is 1.57. The topological polar surface area (TPSA) is 63.6 Å². The van der Waals surface area contributed by atoms with Crippen molar-refractivity contribution in [3.63, 3.8) is 0 Å². The second-order valence-electron chi connectivity index (χ2n) is 3.83. The van der Waals surface area contributed by atoms with Crippen LogP contribution in [0.5, 0.6) is 0 Å². The summed E-state index contributed by atoms with van der Waals surface area (Å²) in [6.45, 7) is 4.01. The summed E-state index contributed by atoms with van der Waals surface area (Å²) in [5.41, 5.74) is 4.59. The van der Waals surface area contributed by atoms with E-state index in [1.807, 2.05) is 26.0 Å². The summed E-state index contributed by atoms with van der Waals surface area (Å²) in [6.07, 6.45) is 0. The van der Waals surface area contributed by atoms with Crippen molar-refractivity contribution in [3.8, 4) is 0 Å². The van der Waals surface area contributed by atoms with Crippen molar-refractivity contribution in [2.45, 2.75) is 19.8 Å². The van der Waals surface area contributed by atoms with E-state index < -0.39 is 10.4 Å². The third-order valence-electron chi connectivity index (χ3n) is 2.75. The maximum Gasteiger partial charge on any atom is 0.397 e. The van der Waals surface area contributed by atoms with Crippen LogP contribution in [0.15, 0.2) is 12.1 Å². The van der Waals surface area contributed by atoms with E-state index >= 15 is 0 Å². The molecule has 0 aromatic heterocycles. The van der Waals surface area contributed by atoms with Crippen LogP contribution in [-0.2, 0) is 14.6 Å². The molecule has 0 radical (unpaired) electrons. The van der Waals surface area contributed by atoms with Gasteiger partial charge in [-0.05, 0) is 36.1 Å². The smallest absolute Gasteiger partial charge is 0.264 e. The number of hydrogen-bond donors (Lipinski definition) is 1. The van der Waals surface area contributed by atoms with E-state index in [-0.39, 0.29) is 12.5 Å². The molecule has 0 unspecified atom stereocenters. The Kier molecular flexibility index (Phi) is 2.33. The van der Waals surface area contributed by atoms with Gasteiger partial charge in [-0.2, -0.15) is 8.42 Å². The van der Waals surface area contributed by atoms with E-state index in [1.54, 1.807) is 0 Å². The van der Waals surface area contributed by atoms with E-state index in [4.69, 9.17) is 4.55 Å². The largest absolute Gasteiger partial charge is 0.397 e. The second kappa shape index (κ2) is 3.30. The zero-order chi connectivity index (χ0) is 11.2. The molecule has 4 nitrogen and oxygen atoms in total. The molecule has 15 heavy (non-hydrogen) atoms. The molecule has 0 spiro atoms. The molecule has 82 valence electrons. The predicted molar refractivity (Wildman–Crippen MR) is 55.3 cm³/mol. The van der Waals surface area contributed by atoms with Crippen molar-refractivity contribution in [1.82, 2.24) is 0 Å². The van der Waals surface area contributed by atoms with Crippen LogP contribution in [0.25, 0.3) is 0 Å². The van der Waals surface area contributed by atoms with Crippen LogP contribution in [0.3, 0.4) is 0 Å². The Labute approximate surface area is 88.8 Å². The molecular weight excluding hydrogens is 216 g/mol. The fraction of sp³-hybridized carbons (Fsp3) is 0.400. The standard InChI is InChI=1S/C10H12O4S/c1-6-3-8-9(4-7(6)2)10(8)5-14-15(11,12)13/h3-4,10H,5H2,1-2H3,(H,11,12,13).